The van der Waals surface area contributed by atoms with E-state index < -0.39 is 113 Å². The SMILES string of the molecule is COC(=O)Cc1c(C(=O)OC)[nH]c(=O)c2c(Cc3ccccc3Cl)c(N3CCC[C@@H](N)C3)nn12.COCn1nc(C(=O)NC(C(=O)CC(=O)OC)C(=O)OC)c(Cc2ccccc2Cl)c1N1CCC[C@@H](NC(=O)OC(C)(C)C)C1.COCn1nc(N2CCC[C@@H](NC(=O)OC(C)(C)C)C2)c(Cc2ccccc2Cl)c1C(=O)NC(C(=O)CC(=O)OC)C(=O)OC.Cl. The van der Waals surface area contributed by atoms with Gasteiger partial charge in [0.2, 0.25) is 0 Å². The third-order valence-electron chi connectivity index (χ3n) is 19.6. The number of rotatable bonds is 30. The fraction of sp³-hybridized carbons (Fsp3) is 0.494. The zero-order valence-electron chi connectivity index (χ0n) is 72.0. The molecule has 0 spiro atoms. The van der Waals surface area contributed by atoms with Crippen LogP contribution in [0.1, 0.15) is 163 Å². The highest BCUT2D eigenvalue weighted by Gasteiger charge is 2.40. The van der Waals surface area contributed by atoms with Gasteiger partial charge in [0.25, 0.3) is 17.4 Å². The minimum absolute atomic E-state index is 0. The number of H-pyrrole nitrogens is 1. The summed E-state index contributed by atoms with van der Waals surface area (Å²) in [5.41, 5.74) is 8.23. The summed E-state index contributed by atoms with van der Waals surface area (Å²) in [4.78, 5) is 174. The minimum Gasteiger partial charge on any atom is -0.469 e. The van der Waals surface area contributed by atoms with Gasteiger partial charge in [-0.3, -0.25) is 38.4 Å². The molecule has 0 saturated carbocycles. The number of fused-ring (bicyclic) bond motifs is 1. The van der Waals surface area contributed by atoms with E-state index in [0.29, 0.717) is 132 Å². The Bertz CT molecular complexity index is 5050. The van der Waals surface area contributed by atoms with Gasteiger partial charge in [-0.15, -0.1) is 17.5 Å². The van der Waals surface area contributed by atoms with Gasteiger partial charge in [0.1, 0.15) is 60.2 Å². The van der Waals surface area contributed by atoms with Crippen LogP contribution in [0.4, 0.5) is 27.0 Å². The largest absolute Gasteiger partial charge is 0.469 e. The second-order valence-corrected chi connectivity index (χ2v) is 32.3. The number of hydrogen-bond acceptors (Lipinski definition) is 30. The Balaban J connectivity index is 0.000000259. The van der Waals surface area contributed by atoms with E-state index in [1.807, 2.05) is 45.0 Å². The molecule has 0 radical (unpaired) electrons. The van der Waals surface area contributed by atoms with Crippen LogP contribution < -0.4 is 47.3 Å². The number of aromatic amines is 1. The van der Waals surface area contributed by atoms with Crippen molar-refractivity contribution in [2.24, 2.45) is 5.73 Å². The van der Waals surface area contributed by atoms with Crippen molar-refractivity contribution in [3.63, 3.8) is 0 Å². The van der Waals surface area contributed by atoms with E-state index in [1.54, 1.807) is 84.0 Å². The highest BCUT2D eigenvalue weighted by atomic mass is 35.5. The van der Waals surface area contributed by atoms with Gasteiger partial charge in [-0.2, -0.15) is 10.2 Å². The molecule has 2 unspecified atom stereocenters. The summed E-state index contributed by atoms with van der Waals surface area (Å²) in [6.45, 7) is 13.6. The molecule has 4 amide bonds. The van der Waals surface area contributed by atoms with Crippen LogP contribution in [0.2, 0.25) is 15.1 Å². The molecule has 4 aromatic heterocycles. The molecular formula is C83H107Cl4N15O23. The number of Topliss-reactive ketones (excluding diaryl/α,β-unsaturated/α-hetero) is 2. The molecule has 42 heteroatoms. The Hall–Kier alpha value is -11.4. The van der Waals surface area contributed by atoms with E-state index in [4.69, 9.17) is 88.6 Å². The Labute approximate surface area is 742 Å². The number of aromatic nitrogens is 7. The van der Waals surface area contributed by atoms with Crippen molar-refractivity contribution in [3.05, 3.63) is 154 Å². The molecule has 5 atom stereocenters. The lowest BCUT2D eigenvalue weighted by Crippen LogP contribution is -2.49. The number of nitrogens with two attached hydrogens (primary N) is 1. The van der Waals surface area contributed by atoms with Crippen LogP contribution >= 0.6 is 47.2 Å². The number of benzene rings is 3. The molecule has 3 aliphatic heterocycles. The zero-order valence-corrected chi connectivity index (χ0v) is 75.1. The zero-order chi connectivity index (χ0) is 91.0. The van der Waals surface area contributed by atoms with Gasteiger partial charge in [0.05, 0.1) is 54.8 Å². The summed E-state index contributed by atoms with van der Waals surface area (Å²) >= 11 is 19.5. The van der Waals surface area contributed by atoms with Gasteiger partial charge in [0, 0.05) is 123 Å². The number of nitrogens with zero attached hydrogens (tertiary/aromatic N) is 9. The van der Waals surface area contributed by atoms with Crippen molar-refractivity contribution < 1.29 is 105 Å². The highest BCUT2D eigenvalue weighted by molar-refractivity contribution is 6.32. The summed E-state index contributed by atoms with van der Waals surface area (Å²) in [5, 5.41) is 26.1. The van der Waals surface area contributed by atoms with Crippen molar-refractivity contribution in [1.82, 2.24) is 55.4 Å². The standard InChI is InChI=1S/2C30H40ClN5O9.C23H26ClN5O5.ClH/c1-30(2,3)45-29(41)32-19-11-9-13-35(16-19)26-20(14-18-10-7-8-12-21(18)31)25(36(34-26)17-42-4)27(39)33-24(28(40)44-6)22(37)15-23(38)43-5;1-30(2,3)45-29(41)32-19-11-9-13-35(16-19)27-20(14-18-10-7-8-12-21(18)31)24(34-36(27)17-42-4)26(39)33-25(28(40)44-6)22(37)15-23(38)43-5;1-33-18(30)11-17-19(23(32)34-2)26-22(31)20-15(10-13-6-3-4-8-16(13)24)21(27-29(17)20)28-9-5-7-14(25)12-28;/h7-8,10,12,19,24H,9,11,13-17H2,1-6H3,(H,32,41)(H,33,39);7-8,10,12,19,25H,9,11,13-17H2,1-6H3,(H,32,41)(H,33,39);3-4,6,8,14H,5,7,9-12,25H2,1-2H3,(H,26,31);1H/t19-,24?;19-,25?;14-;/m111./s1. The van der Waals surface area contributed by atoms with Crippen LogP contribution in [0.5, 0.6) is 0 Å². The van der Waals surface area contributed by atoms with Gasteiger partial charge in [-0.05, 0) is 115 Å². The topological polar surface area (TPSA) is 467 Å². The van der Waals surface area contributed by atoms with Crippen molar-refractivity contribution in [2.75, 3.05) is 111 Å². The van der Waals surface area contributed by atoms with E-state index >= 15 is 0 Å². The Morgan fingerprint density at radius 2 is 0.952 bits per heavy atom. The van der Waals surface area contributed by atoms with Gasteiger partial charge in [-0.25, -0.2) is 37.9 Å². The van der Waals surface area contributed by atoms with E-state index in [0.717, 1.165) is 46.8 Å². The van der Waals surface area contributed by atoms with E-state index in [9.17, 15) is 62.3 Å². The van der Waals surface area contributed by atoms with Gasteiger partial charge in [0.15, 0.2) is 41.0 Å². The lowest BCUT2D eigenvalue weighted by atomic mass is 10.0. The third-order valence-corrected chi connectivity index (χ3v) is 20.8. The first-order valence-electron chi connectivity index (χ1n) is 39.5. The molecule has 0 bridgehead atoms. The van der Waals surface area contributed by atoms with Crippen molar-refractivity contribution in [1.29, 1.82) is 0 Å². The third kappa shape index (κ3) is 27.5. The predicted molar refractivity (Wildman–Crippen MR) is 460 cm³/mol. The number of piperidine rings is 3. The number of hydrogen-bond donors (Lipinski definition) is 6. The summed E-state index contributed by atoms with van der Waals surface area (Å²) in [7, 11) is 9.65. The van der Waals surface area contributed by atoms with E-state index in [-0.39, 0.29) is 91.5 Å². The first-order chi connectivity index (χ1) is 58.9. The van der Waals surface area contributed by atoms with Crippen molar-refractivity contribution in [3.8, 4) is 0 Å². The van der Waals surface area contributed by atoms with Gasteiger partial charge < -0.3 is 94.1 Å². The number of carbonyl (C=O) groups excluding carboxylic acids is 12. The number of ketones is 2. The fourth-order valence-electron chi connectivity index (χ4n) is 14.1. The van der Waals surface area contributed by atoms with Crippen LogP contribution in [-0.2, 0) is 120 Å². The molecule has 3 aliphatic rings. The van der Waals surface area contributed by atoms with Crippen LogP contribution in [0, 0.1) is 0 Å². The highest BCUT2D eigenvalue weighted by Crippen LogP contribution is 2.36. The first kappa shape index (κ1) is 101. The molecular weight excluding hydrogens is 1720 g/mol. The maximum atomic E-state index is 13.9. The number of alkyl carbamates (subject to hydrolysis) is 2. The summed E-state index contributed by atoms with van der Waals surface area (Å²) in [6, 6.07) is 17.4. The first-order valence-corrected chi connectivity index (χ1v) is 40.7. The molecule has 7 N–H and O–H groups in total. The van der Waals surface area contributed by atoms with Gasteiger partial charge >= 0.3 is 48.0 Å². The van der Waals surface area contributed by atoms with Crippen molar-refractivity contribution >= 4 is 142 Å². The lowest BCUT2D eigenvalue weighted by Gasteiger charge is -2.35. The maximum absolute atomic E-state index is 13.9. The number of nitrogens with one attached hydrogen (secondary N) is 5. The van der Waals surface area contributed by atoms with Gasteiger partial charge in [-0.1, -0.05) is 89.4 Å². The quantitative estimate of drug-likeness (QED) is 0.0145. The minimum atomic E-state index is -1.79. The van der Waals surface area contributed by atoms with Crippen LogP contribution in [-0.4, -0.2) is 243 Å². The summed E-state index contributed by atoms with van der Waals surface area (Å²) < 4.78 is 54.0. The summed E-state index contributed by atoms with van der Waals surface area (Å²) in [5.74, 6) is -7.26. The Kier molecular flexibility index (Phi) is 37.5. The molecule has 7 aromatic rings. The van der Waals surface area contributed by atoms with E-state index in [2.05, 4.69) is 40.8 Å². The normalized spacial score (nSPS) is 15.5. The Morgan fingerprint density at radius 1 is 0.520 bits per heavy atom. The number of anilines is 3. The lowest BCUT2D eigenvalue weighted by molar-refractivity contribution is -0.151. The van der Waals surface area contributed by atoms with Crippen LogP contribution in [0.25, 0.3) is 5.52 Å². The monoisotopic (exact) mass is 1820 g/mol. The molecule has 680 valence electrons. The molecule has 0 aliphatic carbocycles. The molecule has 3 aromatic carbocycles. The molecule has 38 nitrogen and oxygen atoms in total. The summed E-state index contributed by atoms with van der Waals surface area (Å²) in [6.07, 6.45) is 2.32. The molecule has 10 rings (SSSR count). The number of esters is 6. The average molecular weight is 1820 g/mol. The number of halogens is 4. The van der Waals surface area contributed by atoms with Crippen molar-refractivity contribution in [2.45, 2.75) is 173 Å². The second-order valence-electron chi connectivity index (χ2n) is 31.0. The molecule has 3 fully saturated rings. The fourth-order valence-corrected chi connectivity index (χ4v) is 14.7. The smallest absolute Gasteiger partial charge is 0.407 e. The average Bonchev–Trinajstić information content (AvgIpc) is 2.25. The molecule has 7 heterocycles. The van der Waals surface area contributed by atoms with Crippen LogP contribution in [0.15, 0.2) is 77.6 Å². The maximum Gasteiger partial charge on any atom is 0.407 e. The molecule has 125 heavy (non-hydrogen) atoms. The number of carbonyl (C=O) groups is 12. The number of methoxy groups -OCH3 is 8. The molecule has 3 saturated heterocycles. The number of amides is 4. The van der Waals surface area contributed by atoms with E-state index in [1.165, 1.54) is 42.3 Å². The predicted octanol–water partition coefficient (Wildman–Crippen LogP) is 7.37. The van der Waals surface area contributed by atoms with Crippen LogP contribution in [0.3, 0.4) is 0 Å². The number of ether oxygens (including phenoxy) is 10. The second kappa shape index (κ2) is 46.5. The Morgan fingerprint density at radius 3 is 1.41 bits per heavy atom.